The highest BCUT2D eigenvalue weighted by Gasteiger charge is 2.40. The second-order valence-corrected chi connectivity index (χ2v) is 1.62. The molecule has 76 valence electrons. The van der Waals surface area contributed by atoms with Crippen LogP contribution in [0.15, 0.2) is 0 Å². The van der Waals surface area contributed by atoms with Gasteiger partial charge in [0, 0.05) is 6.92 Å². The fraction of sp³-hybridized carbons (Fsp3) is 1.00. The maximum atomic E-state index is 10.4. The van der Waals surface area contributed by atoms with Crippen molar-refractivity contribution in [2.24, 2.45) is 0 Å². The summed E-state index contributed by atoms with van der Waals surface area (Å²) in [5.74, 6) is 0. The Hall–Kier alpha value is -0.560. The molecule has 8 heteroatoms. The third kappa shape index (κ3) is 22.7. The van der Waals surface area contributed by atoms with Crippen molar-refractivity contribution in [2.75, 3.05) is 0 Å². The predicted octanol–water partition coefficient (Wildman–Crippen LogP) is 3.38. The maximum absolute atomic E-state index is 10.4. The van der Waals surface area contributed by atoms with Crippen LogP contribution in [-0.2, 0) is 0 Å². The summed E-state index contributed by atoms with van der Waals surface area (Å²) in [5.41, 5.74) is 0. The van der Waals surface area contributed by atoms with E-state index in [1.807, 2.05) is 0 Å². The first-order valence-corrected chi connectivity index (χ1v) is 2.36. The van der Waals surface area contributed by atoms with E-state index in [0.29, 0.717) is 0 Å². The highest BCUT2D eigenvalue weighted by Crippen LogP contribution is 2.22. The van der Waals surface area contributed by atoms with E-state index in [2.05, 4.69) is 0 Å². The van der Waals surface area contributed by atoms with Crippen LogP contribution in [0.4, 0.5) is 35.1 Å². The van der Waals surface area contributed by atoms with E-state index in [9.17, 15) is 35.1 Å². The van der Waals surface area contributed by atoms with Crippen LogP contribution in [0.3, 0.4) is 0 Å². The zero-order valence-electron chi connectivity index (χ0n) is 5.60. The van der Waals surface area contributed by atoms with Gasteiger partial charge in [0.1, 0.15) is 0 Å². The summed E-state index contributed by atoms with van der Waals surface area (Å²) < 4.78 is 83.2. The van der Waals surface area contributed by atoms with Gasteiger partial charge < -0.3 is 0 Å². The van der Waals surface area contributed by atoms with Gasteiger partial charge in [-0.25, -0.2) is 8.78 Å². The van der Waals surface area contributed by atoms with Crippen LogP contribution in [0.2, 0.25) is 0 Å². The topological polar surface area (TPSA) is 0 Å². The highest BCUT2D eigenvalue weighted by molar-refractivity contribution is 4.48. The number of alkyl halides is 8. The Labute approximate surface area is 62.2 Å². The molecule has 0 aliphatic heterocycles. The van der Waals surface area contributed by atoms with Gasteiger partial charge in [-0.3, -0.25) is 0 Å². The maximum Gasteiger partial charge on any atom is 0.450 e. The minimum atomic E-state index is -5.33. The molecule has 0 N–H and O–H groups in total. The van der Waals surface area contributed by atoms with Crippen LogP contribution < -0.4 is 0 Å². The van der Waals surface area contributed by atoms with E-state index < -0.39 is 18.8 Å². The van der Waals surface area contributed by atoms with Gasteiger partial charge >= 0.3 is 18.8 Å². The summed E-state index contributed by atoms with van der Waals surface area (Å²) in [7, 11) is 0. The summed E-state index contributed by atoms with van der Waals surface area (Å²) >= 11 is 0. The second kappa shape index (κ2) is 4.46. The molecular formula is C4H4F8. The monoisotopic (exact) mass is 204 g/mol. The van der Waals surface area contributed by atoms with Crippen molar-refractivity contribution >= 4 is 0 Å². The molecule has 0 atom stereocenters. The molecule has 12 heavy (non-hydrogen) atoms. The van der Waals surface area contributed by atoms with Crippen LogP contribution >= 0.6 is 0 Å². The van der Waals surface area contributed by atoms with Gasteiger partial charge in [-0.2, -0.15) is 26.3 Å². The van der Waals surface area contributed by atoms with Crippen LogP contribution in [-0.4, -0.2) is 18.8 Å². The van der Waals surface area contributed by atoms with Crippen molar-refractivity contribution in [3.8, 4) is 0 Å². The quantitative estimate of drug-likeness (QED) is 0.530. The van der Waals surface area contributed by atoms with E-state index in [0.717, 1.165) is 0 Å². The lowest BCUT2D eigenvalue weighted by molar-refractivity contribution is -0.219. The molecule has 0 aromatic carbocycles. The molecule has 0 unspecified atom stereocenters. The SMILES string of the molecule is CC(F)(F)F.FC(F)C(F)(F)F. The van der Waals surface area contributed by atoms with E-state index in [4.69, 9.17) is 0 Å². The molecule has 0 amide bonds. The van der Waals surface area contributed by atoms with Gasteiger partial charge in [0.25, 0.3) is 0 Å². The zero-order chi connectivity index (χ0) is 10.6. The molecule has 0 radical (unpaired) electrons. The van der Waals surface area contributed by atoms with E-state index in [1.165, 1.54) is 0 Å². The lowest BCUT2D eigenvalue weighted by Gasteiger charge is -2.00. The molecule has 0 aromatic heterocycles. The van der Waals surface area contributed by atoms with Gasteiger partial charge in [-0.05, 0) is 0 Å². The second-order valence-electron chi connectivity index (χ2n) is 1.62. The molecule has 0 fully saturated rings. The molecule has 0 rings (SSSR count). The average molecular weight is 204 g/mol. The Bertz CT molecular complexity index is 101. The van der Waals surface area contributed by atoms with Crippen molar-refractivity contribution in [1.29, 1.82) is 0 Å². The van der Waals surface area contributed by atoms with E-state index in [-0.39, 0.29) is 6.92 Å². The average Bonchev–Trinajstić information content (AvgIpc) is 1.55. The fourth-order valence-corrected chi connectivity index (χ4v) is 0. The van der Waals surface area contributed by atoms with Gasteiger partial charge in [0.2, 0.25) is 0 Å². The molecule has 0 aliphatic rings. The molecule has 0 bridgehead atoms. The first-order chi connectivity index (χ1) is 4.94. The number of hydrogen-bond donors (Lipinski definition) is 0. The number of hydrogen-bond acceptors (Lipinski definition) is 0. The van der Waals surface area contributed by atoms with Crippen molar-refractivity contribution in [3.05, 3.63) is 0 Å². The smallest absolute Gasteiger partial charge is 0.200 e. The lowest BCUT2D eigenvalue weighted by Crippen LogP contribution is -2.18. The van der Waals surface area contributed by atoms with Crippen LogP contribution in [0.1, 0.15) is 6.92 Å². The third-order valence-corrected chi connectivity index (χ3v) is 0.247. The first kappa shape index (κ1) is 14.0. The van der Waals surface area contributed by atoms with Crippen LogP contribution in [0, 0.1) is 0 Å². The molecule has 0 saturated carbocycles. The lowest BCUT2D eigenvalue weighted by atomic mass is 10.7. The summed E-state index contributed by atoms with van der Waals surface area (Å²) in [6.07, 6.45) is -13.5. The fourth-order valence-electron chi connectivity index (χ4n) is 0. The predicted molar refractivity (Wildman–Crippen MR) is 23.8 cm³/mol. The molecule has 0 saturated heterocycles. The highest BCUT2D eigenvalue weighted by atomic mass is 19.4. The Morgan fingerprint density at radius 3 is 0.917 bits per heavy atom. The van der Waals surface area contributed by atoms with Gasteiger partial charge in [0.15, 0.2) is 0 Å². The Morgan fingerprint density at radius 2 is 0.917 bits per heavy atom. The van der Waals surface area contributed by atoms with Crippen LogP contribution in [0.5, 0.6) is 0 Å². The Morgan fingerprint density at radius 1 is 0.833 bits per heavy atom. The van der Waals surface area contributed by atoms with Gasteiger partial charge in [0.05, 0.1) is 0 Å². The molecule has 0 nitrogen and oxygen atoms in total. The van der Waals surface area contributed by atoms with Crippen molar-refractivity contribution < 1.29 is 35.1 Å². The molecule has 0 spiro atoms. The van der Waals surface area contributed by atoms with Crippen molar-refractivity contribution in [1.82, 2.24) is 0 Å². The molecule has 0 aromatic rings. The third-order valence-electron chi connectivity index (χ3n) is 0.247. The van der Waals surface area contributed by atoms with E-state index in [1.54, 1.807) is 0 Å². The largest absolute Gasteiger partial charge is 0.450 e. The molecular weight excluding hydrogens is 200 g/mol. The van der Waals surface area contributed by atoms with Crippen molar-refractivity contribution in [2.45, 2.75) is 25.7 Å². The minimum absolute atomic E-state index is 0.188. The summed E-state index contributed by atoms with van der Waals surface area (Å²) in [5, 5.41) is 0. The van der Waals surface area contributed by atoms with Crippen LogP contribution in [0.25, 0.3) is 0 Å². The Kier molecular flexibility index (Phi) is 5.20. The molecule has 0 heterocycles. The summed E-state index contributed by atoms with van der Waals surface area (Å²) in [6.45, 7) is 0.188. The summed E-state index contributed by atoms with van der Waals surface area (Å²) in [4.78, 5) is 0. The standard InChI is InChI=1S/C2HF5.C2H3F3/c3-1(4)2(5,6)7;1-2(3,4)5/h1H;1H3. The Balaban J connectivity index is 0. The number of halogens is 8. The number of rotatable bonds is 0. The first-order valence-electron chi connectivity index (χ1n) is 2.36. The molecule has 0 aliphatic carbocycles. The van der Waals surface area contributed by atoms with Gasteiger partial charge in [-0.15, -0.1) is 0 Å². The van der Waals surface area contributed by atoms with Gasteiger partial charge in [-0.1, -0.05) is 0 Å². The normalized spacial score (nSPS) is 12.5. The zero-order valence-corrected chi connectivity index (χ0v) is 5.60. The van der Waals surface area contributed by atoms with Crippen molar-refractivity contribution in [3.63, 3.8) is 0 Å². The summed E-state index contributed by atoms with van der Waals surface area (Å²) in [6, 6.07) is 0. The minimum Gasteiger partial charge on any atom is -0.200 e. The van der Waals surface area contributed by atoms with E-state index >= 15 is 0 Å².